The minimum absolute atomic E-state index is 0.120. The van der Waals surface area contributed by atoms with Crippen LogP contribution >= 0.6 is 0 Å². The van der Waals surface area contributed by atoms with Crippen LogP contribution < -0.4 is 15.5 Å². The zero-order valence-corrected chi connectivity index (χ0v) is 17.9. The van der Waals surface area contributed by atoms with Gasteiger partial charge >= 0.3 is 0 Å². The summed E-state index contributed by atoms with van der Waals surface area (Å²) in [5.74, 6) is 1.91. The van der Waals surface area contributed by atoms with Crippen molar-refractivity contribution < 1.29 is 0 Å². The Morgan fingerprint density at radius 1 is 1.00 bits per heavy atom. The SMILES string of the molecule is CC(Nc1cc2cc(-c3cncn3C)ccc2cn1)c1ccnc(N2CCNCC2)c1. The van der Waals surface area contributed by atoms with E-state index in [0.29, 0.717) is 0 Å². The van der Waals surface area contributed by atoms with Gasteiger partial charge in [-0.05, 0) is 42.1 Å². The maximum atomic E-state index is 4.63. The van der Waals surface area contributed by atoms with Crippen LogP contribution in [0.4, 0.5) is 11.6 Å². The fourth-order valence-electron chi connectivity index (χ4n) is 4.09. The van der Waals surface area contributed by atoms with Crippen molar-refractivity contribution in [2.75, 3.05) is 36.4 Å². The predicted molar refractivity (Wildman–Crippen MR) is 125 cm³/mol. The number of rotatable bonds is 5. The quantitative estimate of drug-likeness (QED) is 0.521. The number of imidazole rings is 1. The molecule has 1 aromatic carbocycles. The highest BCUT2D eigenvalue weighted by molar-refractivity contribution is 5.88. The molecule has 0 bridgehead atoms. The third kappa shape index (κ3) is 4.09. The number of nitrogens with zero attached hydrogens (tertiary/aromatic N) is 5. The molecule has 7 heteroatoms. The first-order valence-electron chi connectivity index (χ1n) is 10.7. The van der Waals surface area contributed by atoms with Gasteiger partial charge in [-0.3, -0.25) is 0 Å². The molecule has 0 spiro atoms. The highest BCUT2D eigenvalue weighted by atomic mass is 15.2. The summed E-state index contributed by atoms with van der Waals surface area (Å²) >= 11 is 0. The largest absolute Gasteiger partial charge is 0.364 e. The van der Waals surface area contributed by atoms with E-state index in [0.717, 1.165) is 59.8 Å². The summed E-state index contributed by atoms with van der Waals surface area (Å²) in [7, 11) is 2.01. The van der Waals surface area contributed by atoms with Crippen molar-refractivity contribution in [2.24, 2.45) is 7.05 Å². The minimum Gasteiger partial charge on any atom is -0.364 e. The van der Waals surface area contributed by atoms with E-state index >= 15 is 0 Å². The molecule has 4 aromatic rings. The van der Waals surface area contributed by atoms with Crippen molar-refractivity contribution in [3.8, 4) is 11.3 Å². The number of aryl methyl sites for hydroxylation is 1. The Morgan fingerprint density at radius 3 is 2.68 bits per heavy atom. The van der Waals surface area contributed by atoms with Crippen molar-refractivity contribution >= 4 is 22.4 Å². The zero-order chi connectivity index (χ0) is 21.2. The molecule has 1 aliphatic rings. The topological polar surface area (TPSA) is 70.9 Å². The fraction of sp³-hybridized carbons (Fsp3) is 0.292. The van der Waals surface area contributed by atoms with Gasteiger partial charge < -0.3 is 20.1 Å². The first-order valence-corrected chi connectivity index (χ1v) is 10.7. The molecule has 158 valence electrons. The molecule has 0 aliphatic carbocycles. The van der Waals surface area contributed by atoms with Gasteiger partial charge in [-0.25, -0.2) is 15.0 Å². The number of fused-ring (bicyclic) bond motifs is 1. The molecule has 31 heavy (non-hydrogen) atoms. The minimum atomic E-state index is 0.120. The third-order valence-electron chi connectivity index (χ3n) is 5.91. The molecular weight excluding hydrogens is 386 g/mol. The van der Waals surface area contributed by atoms with Crippen molar-refractivity contribution in [2.45, 2.75) is 13.0 Å². The van der Waals surface area contributed by atoms with E-state index in [-0.39, 0.29) is 6.04 Å². The number of pyridine rings is 2. The van der Waals surface area contributed by atoms with Gasteiger partial charge in [-0.15, -0.1) is 0 Å². The van der Waals surface area contributed by atoms with Crippen LogP contribution in [-0.2, 0) is 7.05 Å². The second kappa shape index (κ2) is 8.35. The molecule has 3 aromatic heterocycles. The molecule has 1 saturated heterocycles. The Kier molecular flexibility index (Phi) is 5.26. The van der Waals surface area contributed by atoms with Gasteiger partial charge in [0.2, 0.25) is 0 Å². The van der Waals surface area contributed by atoms with E-state index in [2.05, 4.69) is 73.8 Å². The summed E-state index contributed by atoms with van der Waals surface area (Å²) in [6, 6.07) is 12.9. The fourth-order valence-corrected chi connectivity index (χ4v) is 4.09. The average molecular weight is 414 g/mol. The van der Waals surface area contributed by atoms with Crippen LogP contribution in [0, 0.1) is 0 Å². The molecule has 5 rings (SSSR count). The van der Waals surface area contributed by atoms with Crippen molar-refractivity contribution in [3.63, 3.8) is 0 Å². The highest BCUT2D eigenvalue weighted by Crippen LogP contribution is 2.27. The monoisotopic (exact) mass is 413 g/mol. The van der Waals surface area contributed by atoms with Gasteiger partial charge in [0, 0.05) is 56.6 Å². The van der Waals surface area contributed by atoms with E-state index in [4.69, 9.17) is 0 Å². The summed E-state index contributed by atoms with van der Waals surface area (Å²) < 4.78 is 2.03. The molecule has 1 unspecified atom stereocenters. The maximum absolute atomic E-state index is 4.63. The lowest BCUT2D eigenvalue weighted by Gasteiger charge is -2.29. The van der Waals surface area contributed by atoms with Crippen molar-refractivity contribution in [3.05, 3.63) is 66.9 Å². The highest BCUT2D eigenvalue weighted by Gasteiger charge is 2.14. The lowest BCUT2D eigenvalue weighted by Crippen LogP contribution is -2.43. The number of nitrogens with one attached hydrogen (secondary N) is 2. The second-order valence-electron chi connectivity index (χ2n) is 8.07. The molecule has 1 aliphatic heterocycles. The van der Waals surface area contributed by atoms with Crippen LogP contribution in [0.3, 0.4) is 0 Å². The van der Waals surface area contributed by atoms with Crippen LogP contribution in [0.5, 0.6) is 0 Å². The van der Waals surface area contributed by atoms with Gasteiger partial charge in [0.05, 0.1) is 24.3 Å². The Labute approximate surface area is 182 Å². The number of anilines is 2. The van der Waals surface area contributed by atoms with Gasteiger partial charge in [0.25, 0.3) is 0 Å². The second-order valence-corrected chi connectivity index (χ2v) is 8.07. The van der Waals surface area contributed by atoms with Gasteiger partial charge in [-0.1, -0.05) is 12.1 Å². The number of piperazine rings is 1. The van der Waals surface area contributed by atoms with E-state index in [1.807, 2.05) is 36.5 Å². The number of hydrogen-bond donors (Lipinski definition) is 2. The smallest absolute Gasteiger partial charge is 0.128 e. The summed E-state index contributed by atoms with van der Waals surface area (Å²) in [5.41, 5.74) is 3.44. The predicted octanol–water partition coefficient (Wildman–Crippen LogP) is 3.61. The normalized spacial score (nSPS) is 15.2. The van der Waals surface area contributed by atoms with Crippen LogP contribution in [0.15, 0.2) is 61.3 Å². The van der Waals surface area contributed by atoms with E-state index in [1.165, 1.54) is 5.56 Å². The van der Waals surface area contributed by atoms with Crippen LogP contribution in [0.25, 0.3) is 22.0 Å². The lowest BCUT2D eigenvalue weighted by molar-refractivity contribution is 0.584. The molecule has 0 saturated carbocycles. The Bertz CT molecular complexity index is 1190. The van der Waals surface area contributed by atoms with Crippen LogP contribution in [0.2, 0.25) is 0 Å². The lowest BCUT2D eigenvalue weighted by atomic mass is 10.1. The summed E-state index contributed by atoms with van der Waals surface area (Å²) in [5, 5.41) is 9.22. The van der Waals surface area contributed by atoms with Gasteiger partial charge in [-0.2, -0.15) is 0 Å². The number of aromatic nitrogens is 4. The Morgan fingerprint density at radius 2 is 1.87 bits per heavy atom. The maximum Gasteiger partial charge on any atom is 0.128 e. The number of benzene rings is 1. The number of hydrogen-bond acceptors (Lipinski definition) is 6. The molecule has 7 nitrogen and oxygen atoms in total. The zero-order valence-electron chi connectivity index (χ0n) is 17.9. The first-order chi connectivity index (χ1) is 15.2. The van der Waals surface area contributed by atoms with Gasteiger partial charge in [0.15, 0.2) is 0 Å². The Hall–Kier alpha value is -3.45. The van der Waals surface area contributed by atoms with E-state index in [9.17, 15) is 0 Å². The molecular formula is C24H27N7. The van der Waals surface area contributed by atoms with Crippen LogP contribution in [0.1, 0.15) is 18.5 Å². The van der Waals surface area contributed by atoms with E-state index < -0.39 is 0 Å². The van der Waals surface area contributed by atoms with Crippen molar-refractivity contribution in [1.29, 1.82) is 0 Å². The van der Waals surface area contributed by atoms with Gasteiger partial charge in [0.1, 0.15) is 11.6 Å². The molecule has 2 N–H and O–H groups in total. The molecule has 1 fully saturated rings. The summed E-state index contributed by atoms with van der Waals surface area (Å²) in [4.78, 5) is 15.8. The third-order valence-corrected chi connectivity index (χ3v) is 5.91. The standard InChI is InChI=1S/C24H27N7/c1-17(18-5-6-27-24(13-18)31-9-7-25-8-10-31)29-23-12-21-11-19(3-4-20(21)14-28-23)22-15-26-16-30(22)2/h3-6,11-17,25H,7-10H2,1-2H3,(H,28,29). The summed E-state index contributed by atoms with van der Waals surface area (Å²) in [6.45, 7) is 6.14. The molecule has 1 atom stereocenters. The van der Waals surface area contributed by atoms with Crippen LogP contribution in [-0.4, -0.2) is 45.7 Å². The molecule has 0 radical (unpaired) electrons. The average Bonchev–Trinajstić information content (AvgIpc) is 3.25. The Balaban J connectivity index is 1.38. The van der Waals surface area contributed by atoms with E-state index in [1.54, 1.807) is 0 Å². The molecule has 0 amide bonds. The summed E-state index contributed by atoms with van der Waals surface area (Å²) in [6.07, 6.45) is 7.54. The first kappa shape index (κ1) is 19.5. The molecule has 4 heterocycles. The van der Waals surface area contributed by atoms with Crippen molar-refractivity contribution in [1.82, 2.24) is 24.8 Å².